The standard InChI is InChI=1S/C26H34N6O3/c1-17-13-18(30-24-20-14-23(31(5)6)27-15-21(20)28-16-29-24)7-8-22(17)34-19-9-11-32(12-10-19)25(33)35-26(2,3)4/h7-8,13-16,19H,9-12H2,1-6H3,(H,28,29,30). The van der Waals surface area contributed by atoms with E-state index < -0.39 is 5.60 Å². The number of hydrogen-bond acceptors (Lipinski definition) is 8. The molecule has 1 aliphatic heterocycles. The second kappa shape index (κ2) is 9.93. The van der Waals surface area contributed by atoms with Crippen LogP contribution in [0.3, 0.4) is 0 Å². The molecule has 0 atom stereocenters. The predicted molar refractivity (Wildman–Crippen MR) is 138 cm³/mol. The van der Waals surface area contributed by atoms with Crippen molar-refractivity contribution in [2.45, 2.75) is 52.2 Å². The summed E-state index contributed by atoms with van der Waals surface area (Å²) >= 11 is 0. The zero-order valence-electron chi connectivity index (χ0n) is 21.3. The first-order valence-corrected chi connectivity index (χ1v) is 11.9. The zero-order valence-corrected chi connectivity index (χ0v) is 21.3. The van der Waals surface area contributed by atoms with Gasteiger partial charge in [-0.3, -0.25) is 0 Å². The van der Waals surface area contributed by atoms with Crippen molar-refractivity contribution in [2.24, 2.45) is 0 Å². The van der Waals surface area contributed by atoms with Crippen molar-refractivity contribution in [1.29, 1.82) is 0 Å². The van der Waals surface area contributed by atoms with Crippen molar-refractivity contribution in [3.63, 3.8) is 0 Å². The Kier molecular flexibility index (Phi) is 6.95. The lowest BCUT2D eigenvalue weighted by atomic mass is 10.1. The third-order valence-corrected chi connectivity index (χ3v) is 5.79. The number of fused-ring (bicyclic) bond motifs is 1. The Morgan fingerprint density at radius 1 is 1.11 bits per heavy atom. The highest BCUT2D eigenvalue weighted by atomic mass is 16.6. The van der Waals surface area contributed by atoms with Crippen LogP contribution in [-0.2, 0) is 4.74 Å². The summed E-state index contributed by atoms with van der Waals surface area (Å²) in [4.78, 5) is 29.2. The molecule has 186 valence electrons. The fraction of sp³-hybridized carbons (Fsp3) is 0.462. The largest absolute Gasteiger partial charge is 0.490 e. The van der Waals surface area contributed by atoms with Gasteiger partial charge in [-0.1, -0.05) is 0 Å². The molecule has 2 aromatic heterocycles. The molecule has 1 aromatic carbocycles. The number of pyridine rings is 1. The number of carbonyl (C=O) groups excluding carboxylic acids is 1. The normalized spacial score (nSPS) is 14.6. The second-order valence-electron chi connectivity index (χ2n) is 10.1. The number of piperidine rings is 1. The number of ether oxygens (including phenoxy) is 2. The number of rotatable bonds is 5. The molecule has 0 unspecified atom stereocenters. The SMILES string of the molecule is Cc1cc(Nc2ncnc3cnc(N(C)C)cc23)ccc1OC1CCN(C(=O)OC(C)(C)C)CC1. The van der Waals surface area contributed by atoms with Gasteiger partial charge in [0.2, 0.25) is 0 Å². The van der Waals surface area contributed by atoms with Crippen LogP contribution < -0.4 is 15.0 Å². The summed E-state index contributed by atoms with van der Waals surface area (Å²) in [6.45, 7) is 8.93. The van der Waals surface area contributed by atoms with E-state index in [2.05, 4.69) is 20.3 Å². The maximum atomic E-state index is 12.3. The summed E-state index contributed by atoms with van der Waals surface area (Å²) in [6, 6.07) is 7.99. The van der Waals surface area contributed by atoms with Crippen LogP contribution in [0.15, 0.2) is 36.8 Å². The molecule has 1 fully saturated rings. The molecule has 1 amide bonds. The summed E-state index contributed by atoms with van der Waals surface area (Å²) in [5, 5.41) is 4.31. The van der Waals surface area contributed by atoms with Gasteiger partial charge in [-0.05, 0) is 57.5 Å². The van der Waals surface area contributed by atoms with E-state index in [-0.39, 0.29) is 12.2 Å². The molecular weight excluding hydrogens is 444 g/mol. The smallest absolute Gasteiger partial charge is 0.410 e. The number of benzene rings is 1. The summed E-state index contributed by atoms with van der Waals surface area (Å²) in [6.07, 6.45) is 4.65. The number of aromatic nitrogens is 3. The average molecular weight is 479 g/mol. The van der Waals surface area contributed by atoms with Gasteiger partial charge in [-0.2, -0.15) is 0 Å². The van der Waals surface area contributed by atoms with Crippen LogP contribution in [0.25, 0.3) is 10.9 Å². The third kappa shape index (κ3) is 6.09. The Balaban J connectivity index is 1.40. The zero-order chi connectivity index (χ0) is 25.2. The highest BCUT2D eigenvalue weighted by Crippen LogP contribution is 2.29. The Morgan fingerprint density at radius 3 is 2.51 bits per heavy atom. The molecule has 9 heteroatoms. The minimum absolute atomic E-state index is 0.0639. The minimum atomic E-state index is -0.485. The maximum absolute atomic E-state index is 12.3. The van der Waals surface area contributed by atoms with Crippen LogP contribution in [0.4, 0.5) is 22.1 Å². The molecule has 0 radical (unpaired) electrons. The lowest BCUT2D eigenvalue weighted by molar-refractivity contribution is 0.0126. The van der Waals surface area contributed by atoms with Crippen LogP contribution in [0.1, 0.15) is 39.2 Å². The van der Waals surface area contributed by atoms with Gasteiger partial charge in [0.1, 0.15) is 35.4 Å². The molecule has 9 nitrogen and oxygen atoms in total. The average Bonchev–Trinajstić information content (AvgIpc) is 2.80. The molecule has 1 saturated heterocycles. The van der Waals surface area contributed by atoms with Gasteiger partial charge in [0.05, 0.1) is 11.7 Å². The van der Waals surface area contributed by atoms with Gasteiger partial charge >= 0.3 is 6.09 Å². The number of anilines is 3. The molecule has 3 aromatic rings. The summed E-state index contributed by atoms with van der Waals surface area (Å²) in [5.74, 6) is 2.41. The van der Waals surface area contributed by atoms with E-state index >= 15 is 0 Å². The first-order chi connectivity index (χ1) is 16.6. The van der Waals surface area contributed by atoms with Crippen LogP contribution in [-0.4, -0.2) is 64.8 Å². The Morgan fingerprint density at radius 2 is 1.86 bits per heavy atom. The van der Waals surface area contributed by atoms with E-state index in [4.69, 9.17) is 9.47 Å². The number of nitrogens with one attached hydrogen (secondary N) is 1. The molecule has 0 bridgehead atoms. The Labute approximate surface area is 206 Å². The van der Waals surface area contributed by atoms with Gasteiger partial charge in [-0.25, -0.2) is 19.7 Å². The monoisotopic (exact) mass is 478 g/mol. The first kappa shape index (κ1) is 24.5. The summed E-state index contributed by atoms with van der Waals surface area (Å²) in [7, 11) is 3.91. The molecule has 0 saturated carbocycles. The van der Waals surface area contributed by atoms with Crippen molar-refractivity contribution in [3.05, 3.63) is 42.4 Å². The van der Waals surface area contributed by atoms with Crippen LogP contribution in [0.2, 0.25) is 0 Å². The lowest BCUT2D eigenvalue weighted by Crippen LogP contribution is -2.44. The molecule has 3 heterocycles. The van der Waals surface area contributed by atoms with Crippen LogP contribution >= 0.6 is 0 Å². The highest BCUT2D eigenvalue weighted by molar-refractivity contribution is 5.91. The van der Waals surface area contributed by atoms with Gasteiger partial charge in [0, 0.05) is 51.1 Å². The van der Waals surface area contributed by atoms with Crippen molar-refractivity contribution in [1.82, 2.24) is 19.9 Å². The molecule has 1 aliphatic rings. The third-order valence-electron chi connectivity index (χ3n) is 5.79. The number of amides is 1. The van der Waals surface area contributed by atoms with Crippen molar-refractivity contribution in [3.8, 4) is 5.75 Å². The fourth-order valence-corrected chi connectivity index (χ4v) is 3.95. The Hall–Kier alpha value is -3.62. The second-order valence-corrected chi connectivity index (χ2v) is 10.1. The first-order valence-electron chi connectivity index (χ1n) is 11.9. The van der Waals surface area contributed by atoms with Crippen molar-refractivity contribution >= 4 is 34.3 Å². The molecule has 0 aliphatic carbocycles. The van der Waals surface area contributed by atoms with Crippen molar-refractivity contribution in [2.75, 3.05) is 37.4 Å². The van der Waals surface area contributed by atoms with Gasteiger partial charge in [0.15, 0.2) is 0 Å². The molecule has 0 spiro atoms. The number of aryl methyl sites for hydroxylation is 1. The van der Waals surface area contributed by atoms with Gasteiger partial charge in [0.25, 0.3) is 0 Å². The lowest BCUT2D eigenvalue weighted by Gasteiger charge is -2.33. The van der Waals surface area contributed by atoms with E-state index in [1.54, 1.807) is 11.1 Å². The molecule has 35 heavy (non-hydrogen) atoms. The van der Waals surface area contributed by atoms with E-state index in [9.17, 15) is 4.79 Å². The van der Waals surface area contributed by atoms with Crippen LogP contribution in [0.5, 0.6) is 5.75 Å². The van der Waals surface area contributed by atoms with Gasteiger partial charge < -0.3 is 24.6 Å². The molecule has 1 N–H and O–H groups in total. The quantitative estimate of drug-likeness (QED) is 0.552. The number of hydrogen-bond donors (Lipinski definition) is 1. The number of likely N-dealkylation sites (tertiary alicyclic amines) is 1. The van der Waals surface area contributed by atoms with Gasteiger partial charge in [-0.15, -0.1) is 0 Å². The highest BCUT2D eigenvalue weighted by Gasteiger charge is 2.27. The number of carbonyl (C=O) groups is 1. The van der Waals surface area contributed by atoms with E-state index in [1.807, 2.05) is 71.0 Å². The van der Waals surface area contributed by atoms with Crippen molar-refractivity contribution < 1.29 is 14.3 Å². The summed E-state index contributed by atoms with van der Waals surface area (Å²) < 4.78 is 11.8. The topological polar surface area (TPSA) is 92.7 Å². The number of nitrogens with zero attached hydrogens (tertiary/aromatic N) is 5. The fourth-order valence-electron chi connectivity index (χ4n) is 3.95. The molecular formula is C26H34N6O3. The molecule has 4 rings (SSSR count). The summed E-state index contributed by atoms with van der Waals surface area (Å²) in [5.41, 5.74) is 2.24. The minimum Gasteiger partial charge on any atom is -0.490 e. The van der Waals surface area contributed by atoms with E-state index in [0.29, 0.717) is 13.1 Å². The van der Waals surface area contributed by atoms with Crippen LogP contribution in [0, 0.1) is 6.92 Å². The van der Waals surface area contributed by atoms with E-state index in [1.165, 1.54) is 6.33 Å². The predicted octanol–water partition coefficient (Wildman–Crippen LogP) is 4.92. The Bertz CT molecular complexity index is 1200. The maximum Gasteiger partial charge on any atom is 0.410 e. The van der Waals surface area contributed by atoms with E-state index in [0.717, 1.165) is 52.4 Å².